The fourth-order valence-electron chi connectivity index (χ4n) is 4.07. The van der Waals surface area contributed by atoms with Crippen LogP contribution in [0.1, 0.15) is 42.5 Å². The minimum absolute atomic E-state index is 0.0899. The molecular formula is C20H21Cl2NO. The van der Waals surface area contributed by atoms with Crippen LogP contribution in [-0.2, 0) is 4.74 Å². The summed E-state index contributed by atoms with van der Waals surface area (Å²) in [5.41, 5.74) is 2.18. The number of hydrogen-bond donors (Lipinski definition) is 0. The zero-order chi connectivity index (χ0) is 16.5. The van der Waals surface area contributed by atoms with E-state index in [2.05, 4.69) is 23.1 Å². The Kier molecular flexibility index (Phi) is 4.82. The lowest BCUT2D eigenvalue weighted by molar-refractivity contribution is -0.119. The largest absolute Gasteiger partial charge is 0.370 e. The van der Waals surface area contributed by atoms with E-state index in [4.69, 9.17) is 27.9 Å². The molecule has 24 heavy (non-hydrogen) atoms. The summed E-state index contributed by atoms with van der Waals surface area (Å²) in [5.74, 6) is 0. The fraction of sp³-hybridized carbons (Fsp3) is 0.400. The molecule has 2 heterocycles. The molecule has 2 fully saturated rings. The molecule has 0 spiro atoms. The van der Waals surface area contributed by atoms with Crippen LogP contribution in [0.15, 0.2) is 48.5 Å². The number of morpholine rings is 1. The Morgan fingerprint density at radius 3 is 2.25 bits per heavy atom. The number of benzene rings is 2. The van der Waals surface area contributed by atoms with Crippen molar-refractivity contribution >= 4 is 23.2 Å². The average molecular weight is 362 g/mol. The highest BCUT2D eigenvalue weighted by Gasteiger charge is 2.42. The molecule has 0 N–H and O–H groups in total. The van der Waals surface area contributed by atoms with Crippen LogP contribution in [-0.4, -0.2) is 24.1 Å². The van der Waals surface area contributed by atoms with E-state index in [1.54, 1.807) is 0 Å². The molecule has 2 nitrogen and oxygen atoms in total. The third-order valence-corrected chi connectivity index (χ3v) is 5.91. The molecule has 0 aromatic heterocycles. The molecule has 2 aromatic carbocycles. The van der Waals surface area contributed by atoms with Gasteiger partial charge in [-0.25, -0.2) is 0 Å². The number of rotatable bonds is 2. The van der Waals surface area contributed by atoms with Crippen molar-refractivity contribution in [1.29, 1.82) is 0 Å². The van der Waals surface area contributed by atoms with Gasteiger partial charge < -0.3 is 4.74 Å². The van der Waals surface area contributed by atoms with Crippen LogP contribution < -0.4 is 0 Å². The van der Waals surface area contributed by atoms with Crippen LogP contribution in [0, 0.1) is 0 Å². The number of fused-ring (bicyclic) bond motifs is 1. The van der Waals surface area contributed by atoms with Gasteiger partial charge in [-0.05, 0) is 37.1 Å². The molecule has 2 saturated heterocycles. The number of hydrogen-bond acceptors (Lipinski definition) is 2. The van der Waals surface area contributed by atoms with Crippen LogP contribution in [0.3, 0.4) is 0 Å². The van der Waals surface area contributed by atoms with Crippen molar-refractivity contribution in [2.75, 3.05) is 13.2 Å². The zero-order valence-corrected chi connectivity index (χ0v) is 15.0. The molecule has 2 aliphatic heterocycles. The van der Waals surface area contributed by atoms with E-state index < -0.39 is 0 Å². The number of ether oxygens (including phenoxy) is 1. The molecule has 0 aliphatic carbocycles. The van der Waals surface area contributed by atoms with E-state index in [9.17, 15) is 0 Å². The van der Waals surface area contributed by atoms with Crippen molar-refractivity contribution in [2.45, 2.75) is 37.5 Å². The highest BCUT2D eigenvalue weighted by molar-refractivity contribution is 6.31. The SMILES string of the molecule is Clc1ccccc1C1OCC2CCCCN2C1c1ccccc1Cl. The standard InChI is InChI=1S/C20H21Cl2NO/c21-17-10-3-1-8-15(17)19-20(16-9-2-4-11-18(16)22)24-13-14-7-5-6-12-23(14)19/h1-4,8-11,14,19-20H,5-7,12-13H2. The maximum absolute atomic E-state index is 6.57. The van der Waals surface area contributed by atoms with Crippen LogP contribution >= 0.6 is 23.2 Å². The van der Waals surface area contributed by atoms with E-state index in [1.165, 1.54) is 19.3 Å². The first-order chi connectivity index (χ1) is 11.8. The average Bonchev–Trinajstić information content (AvgIpc) is 2.62. The minimum atomic E-state index is -0.0899. The highest BCUT2D eigenvalue weighted by atomic mass is 35.5. The van der Waals surface area contributed by atoms with Gasteiger partial charge in [0.2, 0.25) is 0 Å². The quantitative estimate of drug-likeness (QED) is 0.683. The van der Waals surface area contributed by atoms with Crippen molar-refractivity contribution in [3.05, 3.63) is 69.7 Å². The predicted octanol–water partition coefficient (Wildman–Crippen LogP) is 5.66. The van der Waals surface area contributed by atoms with Gasteiger partial charge in [-0.3, -0.25) is 4.90 Å². The second-order valence-electron chi connectivity index (χ2n) is 6.63. The Morgan fingerprint density at radius 1 is 0.875 bits per heavy atom. The molecule has 2 aromatic rings. The summed E-state index contributed by atoms with van der Waals surface area (Å²) >= 11 is 13.1. The lowest BCUT2D eigenvalue weighted by atomic mass is 9.88. The van der Waals surface area contributed by atoms with Gasteiger partial charge >= 0.3 is 0 Å². The van der Waals surface area contributed by atoms with Gasteiger partial charge in [0, 0.05) is 21.7 Å². The Labute approximate surface area is 153 Å². The maximum atomic E-state index is 6.57. The molecule has 0 saturated carbocycles. The summed E-state index contributed by atoms with van der Waals surface area (Å²) in [5, 5.41) is 1.56. The van der Waals surface area contributed by atoms with Gasteiger partial charge in [0.1, 0.15) is 6.10 Å². The Hall–Kier alpha value is -1.06. The lowest BCUT2D eigenvalue weighted by Crippen LogP contribution is -2.51. The second kappa shape index (κ2) is 7.05. The molecule has 4 rings (SSSR count). The predicted molar refractivity (Wildman–Crippen MR) is 98.7 cm³/mol. The van der Waals surface area contributed by atoms with Gasteiger partial charge in [0.15, 0.2) is 0 Å². The van der Waals surface area contributed by atoms with Crippen LogP contribution in [0.2, 0.25) is 10.0 Å². The molecule has 0 amide bonds. The van der Waals surface area contributed by atoms with Crippen molar-refractivity contribution < 1.29 is 4.74 Å². The van der Waals surface area contributed by atoms with Crippen molar-refractivity contribution in [3.8, 4) is 0 Å². The fourth-order valence-corrected chi connectivity index (χ4v) is 4.56. The van der Waals surface area contributed by atoms with Gasteiger partial charge in [0.05, 0.1) is 12.6 Å². The molecule has 0 bridgehead atoms. The van der Waals surface area contributed by atoms with E-state index in [0.29, 0.717) is 6.04 Å². The normalized spacial score (nSPS) is 27.7. The number of piperidine rings is 1. The summed E-state index contributed by atoms with van der Waals surface area (Å²) < 4.78 is 6.35. The monoisotopic (exact) mass is 361 g/mol. The topological polar surface area (TPSA) is 12.5 Å². The number of nitrogens with zero attached hydrogens (tertiary/aromatic N) is 1. The van der Waals surface area contributed by atoms with Crippen molar-refractivity contribution in [3.63, 3.8) is 0 Å². The highest BCUT2D eigenvalue weighted by Crippen LogP contribution is 2.46. The molecule has 126 valence electrons. The third kappa shape index (κ3) is 2.97. The van der Waals surface area contributed by atoms with Crippen molar-refractivity contribution in [1.82, 2.24) is 4.90 Å². The lowest BCUT2D eigenvalue weighted by Gasteiger charge is -2.49. The van der Waals surface area contributed by atoms with Crippen LogP contribution in [0.4, 0.5) is 0 Å². The summed E-state index contributed by atoms with van der Waals surface area (Å²) in [6.07, 6.45) is 3.60. The number of halogens is 2. The molecule has 3 atom stereocenters. The molecular weight excluding hydrogens is 341 g/mol. The molecule has 3 unspecified atom stereocenters. The Bertz CT molecular complexity index is 720. The molecule has 2 aliphatic rings. The summed E-state index contributed by atoms with van der Waals surface area (Å²) in [6, 6.07) is 16.7. The summed E-state index contributed by atoms with van der Waals surface area (Å²) in [7, 11) is 0. The van der Waals surface area contributed by atoms with Crippen LogP contribution in [0.25, 0.3) is 0 Å². The van der Waals surface area contributed by atoms with Crippen molar-refractivity contribution in [2.24, 2.45) is 0 Å². The second-order valence-corrected chi connectivity index (χ2v) is 7.44. The first-order valence-electron chi connectivity index (χ1n) is 8.62. The van der Waals surface area contributed by atoms with Gasteiger partial charge in [-0.15, -0.1) is 0 Å². The van der Waals surface area contributed by atoms with Crippen LogP contribution in [0.5, 0.6) is 0 Å². The van der Waals surface area contributed by atoms with Gasteiger partial charge in [-0.2, -0.15) is 0 Å². The van der Waals surface area contributed by atoms with E-state index in [1.807, 2.05) is 30.3 Å². The first-order valence-corrected chi connectivity index (χ1v) is 9.37. The van der Waals surface area contributed by atoms with E-state index in [0.717, 1.165) is 34.3 Å². The summed E-state index contributed by atoms with van der Waals surface area (Å²) in [6.45, 7) is 1.85. The van der Waals surface area contributed by atoms with E-state index >= 15 is 0 Å². The Balaban J connectivity index is 1.80. The Morgan fingerprint density at radius 2 is 1.54 bits per heavy atom. The molecule has 0 radical (unpaired) electrons. The first kappa shape index (κ1) is 16.4. The smallest absolute Gasteiger partial charge is 0.104 e. The maximum Gasteiger partial charge on any atom is 0.104 e. The van der Waals surface area contributed by atoms with Gasteiger partial charge in [0.25, 0.3) is 0 Å². The zero-order valence-electron chi connectivity index (χ0n) is 13.5. The molecule has 4 heteroatoms. The minimum Gasteiger partial charge on any atom is -0.370 e. The van der Waals surface area contributed by atoms with Gasteiger partial charge in [-0.1, -0.05) is 66.0 Å². The van der Waals surface area contributed by atoms with E-state index in [-0.39, 0.29) is 12.1 Å². The third-order valence-electron chi connectivity index (χ3n) is 5.22. The summed E-state index contributed by atoms with van der Waals surface area (Å²) in [4.78, 5) is 2.59.